The van der Waals surface area contributed by atoms with Crippen LogP contribution in [0, 0.1) is 5.41 Å². The summed E-state index contributed by atoms with van der Waals surface area (Å²) in [6.45, 7) is 6.76. The Labute approximate surface area is 127 Å². The van der Waals surface area contributed by atoms with E-state index in [0.717, 1.165) is 0 Å². The lowest BCUT2D eigenvalue weighted by Gasteiger charge is -2.33. The van der Waals surface area contributed by atoms with Gasteiger partial charge in [0.05, 0.1) is 24.7 Å². The Hall–Kier alpha value is -1.14. The molecule has 0 spiro atoms. The van der Waals surface area contributed by atoms with Crippen LogP contribution in [0.3, 0.4) is 0 Å². The highest BCUT2D eigenvalue weighted by atomic mass is 16.5. The first-order valence-corrected chi connectivity index (χ1v) is 7.39. The van der Waals surface area contributed by atoms with E-state index in [1.807, 2.05) is 20.8 Å². The SMILES string of the molecule is CCC(CC)(CC(=O)N(CCOC)C(C)COC)C(=O)O. The quantitative estimate of drug-likeness (QED) is 0.629. The molecule has 0 aromatic rings. The number of carbonyl (C=O) groups excluding carboxylic acids is 1. The second-order valence-electron chi connectivity index (χ2n) is 5.35. The van der Waals surface area contributed by atoms with Gasteiger partial charge in [-0.25, -0.2) is 0 Å². The number of ether oxygens (including phenoxy) is 2. The van der Waals surface area contributed by atoms with Crippen molar-refractivity contribution in [3.63, 3.8) is 0 Å². The number of carboxylic acid groups (broad SMARTS) is 1. The van der Waals surface area contributed by atoms with Crippen molar-refractivity contribution in [2.75, 3.05) is 34.0 Å². The van der Waals surface area contributed by atoms with Gasteiger partial charge < -0.3 is 19.5 Å². The molecule has 6 nitrogen and oxygen atoms in total. The zero-order valence-corrected chi connectivity index (χ0v) is 13.8. The van der Waals surface area contributed by atoms with E-state index in [1.165, 1.54) is 0 Å². The van der Waals surface area contributed by atoms with Gasteiger partial charge in [0, 0.05) is 27.2 Å². The molecule has 0 rings (SSSR count). The number of methoxy groups -OCH3 is 2. The normalized spacial score (nSPS) is 13.0. The van der Waals surface area contributed by atoms with Crippen molar-refractivity contribution in [3.8, 4) is 0 Å². The molecule has 0 aliphatic rings. The third-order valence-corrected chi connectivity index (χ3v) is 4.09. The highest BCUT2D eigenvalue weighted by Gasteiger charge is 2.39. The molecule has 0 saturated heterocycles. The first-order valence-electron chi connectivity index (χ1n) is 7.39. The van der Waals surface area contributed by atoms with E-state index < -0.39 is 11.4 Å². The molecule has 0 aliphatic carbocycles. The van der Waals surface area contributed by atoms with Crippen LogP contribution in [0.4, 0.5) is 0 Å². The van der Waals surface area contributed by atoms with Crippen molar-refractivity contribution >= 4 is 11.9 Å². The zero-order valence-electron chi connectivity index (χ0n) is 13.8. The van der Waals surface area contributed by atoms with Crippen molar-refractivity contribution in [3.05, 3.63) is 0 Å². The number of hydrogen-bond donors (Lipinski definition) is 1. The van der Waals surface area contributed by atoms with Crippen molar-refractivity contribution in [1.29, 1.82) is 0 Å². The summed E-state index contributed by atoms with van der Waals surface area (Å²) in [6, 6.07) is -0.113. The number of rotatable bonds is 11. The number of aliphatic carboxylic acids is 1. The van der Waals surface area contributed by atoms with E-state index >= 15 is 0 Å². The molecule has 1 atom stereocenters. The summed E-state index contributed by atoms with van der Waals surface area (Å²) in [5.41, 5.74) is -0.991. The summed E-state index contributed by atoms with van der Waals surface area (Å²) < 4.78 is 10.1. The van der Waals surface area contributed by atoms with Crippen LogP contribution in [-0.4, -0.2) is 61.9 Å². The molecular weight excluding hydrogens is 274 g/mol. The Morgan fingerprint density at radius 1 is 1.19 bits per heavy atom. The minimum Gasteiger partial charge on any atom is -0.481 e. The predicted molar refractivity (Wildman–Crippen MR) is 80.2 cm³/mol. The molecule has 6 heteroatoms. The van der Waals surface area contributed by atoms with Gasteiger partial charge in [-0.3, -0.25) is 9.59 Å². The van der Waals surface area contributed by atoms with Crippen LogP contribution in [0.15, 0.2) is 0 Å². The summed E-state index contributed by atoms with van der Waals surface area (Å²) in [4.78, 5) is 25.7. The fraction of sp³-hybridized carbons (Fsp3) is 0.867. The van der Waals surface area contributed by atoms with Crippen LogP contribution in [0.5, 0.6) is 0 Å². The monoisotopic (exact) mass is 303 g/mol. The summed E-state index contributed by atoms with van der Waals surface area (Å²) in [5.74, 6) is -1.07. The van der Waals surface area contributed by atoms with Crippen molar-refractivity contribution < 1.29 is 24.2 Å². The minimum absolute atomic E-state index is 0.00705. The predicted octanol–water partition coefficient (Wildman–Crippen LogP) is 1.78. The molecule has 1 unspecified atom stereocenters. The Balaban J connectivity index is 5.05. The molecular formula is C15H29NO5. The maximum atomic E-state index is 12.6. The average Bonchev–Trinajstić information content (AvgIpc) is 2.45. The second-order valence-corrected chi connectivity index (χ2v) is 5.35. The van der Waals surface area contributed by atoms with Gasteiger partial charge in [0.15, 0.2) is 0 Å². The lowest BCUT2D eigenvalue weighted by atomic mass is 9.79. The van der Waals surface area contributed by atoms with Crippen LogP contribution in [0.1, 0.15) is 40.0 Å². The third kappa shape index (κ3) is 5.63. The van der Waals surface area contributed by atoms with E-state index in [1.54, 1.807) is 19.1 Å². The highest BCUT2D eigenvalue weighted by Crippen LogP contribution is 2.32. The molecule has 0 fully saturated rings. The summed E-state index contributed by atoms with van der Waals surface area (Å²) in [6.07, 6.45) is 0.871. The highest BCUT2D eigenvalue weighted by molar-refractivity contribution is 5.85. The topological polar surface area (TPSA) is 76.1 Å². The van der Waals surface area contributed by atoms with E-state index in [2.05, 4.69) is 0 Å². The number of amides is 1. The van der Waals surface area contributed by atoms with Crippen molar-refractivity contribution in [2.24, 2.45) is 5.41 Å². The molecule has 0 saturated carbocycles. The third-order valence-electron chi connectivity index (χ3n) is 4.09. The van der Waals surface area contributed by atoms with Crippen LogP contribution < -0.4 is 0 Å². The van der Waals surface area contributed by atoms with Gasteiger partial charge in [0.2, 0.25) is 5.91 Å². The molecule has 21 heavy (non-hydrogen) atoms. The molecule has 0 aromatic heterocycles. The fourth-order valence-electron chi connectivity index (χ4n) is 2.38. The Kier molecular flexibility index (Phi) is 9.21. The van der Waals surface area contributed by atoms with Gasteiger partial charge in [-0.1, -0.05) is 13.8 Å². The van der Waals surface area contributed by atoms with Gasteiger partial charge in [0.25, 0.3) is 0 Å². The number of carbonyl (C=O) groups is 2. The molecule has 1 amide bonds. The van der Waals surface area contributed by atoms with Crippen LogP contribution in [0.2, 0.25) is 0 Å². The van der Waals surface area contributed by atoms with E-state index in [9.17, 15) is 14.7 Å². The van der Waals surface area contributed by atoms with Gasteiger partial charge in [0.1, 0.15) is 0 Å². The fourth-order valence-corrected chi connectivity index (χ4v) is 2.38. The van der Waals surface area contributed by atoms with Gasteiger partial charge >= 0.3 is 5.97 Å². The molecule has 124 valence electrons. The van der Waals surface area contributed by atoms with Gasteiger partial charge in [-0.15, -0.1) is 0 Å². The van der Waals surface area contributed by atoms with Crippen LogP contribution >= 0.6 is 0 Å². The summed E-state index contributed by atoms with van der Waals surface area (Å²) >= 11 is 0. The maximum absolute atomic E-state index is 12.6. The zero-order chi connectivity index (χ0) is 16.5. The van der Waals surface area contributed by atoms with Gasteiger partial charge in [-0.05, 0) is 19.8 Å². The van der Waals surface area contributed by atoms with Gasteiger partial charge in [-0.2, -0.15) is 0 Å². The summed E-state index contributed by atoms with van der Waals surface area (Å²) in [5, 5.41) is 9.45. The van der Waals surface area contributed by atoms with Crippen molar-refractivity contribution in [2.45, 2.75) is 46.1 Å². The second kappa shape index (κ2) is 9.73. The summed E-state index contributed by atoms with van der Waals surface area (Å²) in [7, 11) is 3.15. The van der Waals surface area contributed by atoms with Crippen LogP contribution in [0.25, 0.3) is 0 Å². The van der Waals surface area contributed by atoms with Crippen molar-refractivity contribution in [1.82, 2.24) is 4.90 Å². The first-order chi connectivity index (χ1) is 9.88. The molecule has 0 radical (unpaired) electrons. The lowest BCUT2D eigenvalue weighted by Crippen LogP contribution is -2.46. The Bertz CT molecular complexity index is 328. The largest absolute Gasteiger partial charge is 0.481 e. The van der Waals surface area contributed by atoms with Crippen LogP contribution in [-0.2, 0) is 19.1 Å². The van der Waals surface area contributed by atoms with E-state index in [4.69, 9.17) is 9.47 Å². The molecule has 0 aliphatic heterocycles. The maximum Gasteiger partial charge on any atom is 0.310 e. The lowest BCUT2D eigenvalue weighted by molar-refractivity contribution is -0.155. The number of carboxylic acids is 1. The molecule has 0 bridgehead atoms. The minimum atomic E-state index is -0.991. The average molecular weight is 303 g/mol. The Morgan fingerprint density at radius 3 is 2.14 bits per heavy atom. The smallest absolute Gasteiger partial charge is 0.310 e. The first kappa shape index (κ1) is 19.9. The van der Waals surface area contributed by atoms with E-state index in [-0.39, 0.29) is 18.4 Å². The molecule has 1 N–H and O–H groups in total. The number of hydrogen-bond acceptors (Lipinski definition) is 4. The number of nitrogens with zero attached hydrogens (tertiary/aromatic N) is 1. The molecule has 0 heterocycles. The standard InChI is InChI=1S/C15H29NO5/c1-6-15(7-2,14(18)19)10-13(17)16(8-9-20-4)12(3)11-21-5/h12H,6-11H2,1-5H3,(H,18,19). The molecule has 0 aromatic carbocycles. The Morgan fingerprint density at radius 2 is 1.76 bits per heavy atom. The van der Waals surface area contributed by atoms with E-state index in [0.29, 0.717) is 32.6 Å².